The van der Waals surface area contributed by atoms with E-state index in [9.17, 15) is 4.79 Å². The third-order valence-electron chi connectivity index (χ3n) is 6.78. The molecular formula is C27H33N7O. The van der Waals surface area contributed by atoms with E-state index in [1.807, 2.05) is 54.0 Å². The summed E-state index contributed by atoms with van der Waals surface area (Å²) < 4.78 is 0. The van der Waals surface area contributed by atoms with Crippen LogP contribution < -0.4 is 16.8 Å². The Labute approximate surface area is 206 Å². The van der Waals surface area contributed by atoms with Crippen LogP contribution in [0.5, 0.6) is 0 Å². The van der Waals surface area contributed by atoms with E-state index in [0.29, 0.717) is 18.7 Å². The summed E-state index contributed by atoms with van der Waals surface area (Å²) in [5.41, 5.74) is 19.4. The van der Waals surface area contributed by atoms with Gasteiger partial charge in [-0.3, -0.25) is 15.6 Å². The van der Waals surface area contributed by atoms with Gasteiger partial charge in [0.25, 0.3) is 5.91 Å². The maximum absolute atomic E-state index is 13.0. The fourth-order valence-electron chi connectivity index (χ4n) is 4.65. The largest absolute Gasteiger partial charge is 0.370 e. The number of carbonyl (C=O) groups is 1. The number of guanidine groups is 2. The van der Waals surface area contributed by atoms with Crippen molar-refractivity contribution in [3.8, 4) is 0 Å². The summed E-state index contributed by atoms with van der Waals surface area (Å²) in [6, 6.07) is 11.9. The number of aryl methyl sites for hydroxylation is 2. The number of anilines is 1. The molecule has 7 N–H and O–H groups in total. The summed E-state index contributed by atoms with van der Waals surface area (Å²) in [6.45, 7) is 6.76. The summed E-state index contributed by atoms with van der Waals surface area (Å²) in [5, 5.41) is 18.2. The van der Waals surface area contributed by atoms with Crippen molar-refractivity contribution in [2.45, 2.75) is 26.7 Å². The normalized spacial score (nSPS) is 15.8. The first-order chi connectivity index (χ1) is 16.7. The Balaban J connectivity index is 1.44. The van der Waals surface area contributed by atoms with Gasteiger partial charge >= 0.3 is 0 Å². The van der Waals surface area contributed by atoms with Gasteiger partial charge in [-0.05, 0) is 84.4 Å². The molecule has 8 heteroatoms. The number of hydrogen-bond donors (Lipinski definition) is 5. The van der Waals surface area contributed by atoms with Crippen LogP contribution in [0.3, 0.4) is 0 Å². The van der Waals surface area contributed by atoms with Crippen LogP contribution in [-0.4, -0.2) is 53.8 Å². The fraction of sp³-hybridized carbons (Fsp3) is 0.296. The predicted molar refractivity (Wildman–Crippen MR) is 142 cm³/mol. The molecule has 0 fully saturated rings. The SMILES string of the molecule is Cc1cc(C2=CCN(C(=N)N)CC2)ccc1NC(=O)c1ccc(C2=CCN(C(=N)N)CC2)c(C)c1. The van der Waals surface area contributed by atoms with Gasteiger partial charge in [0.2, 0.25) is 0 Å². The quantitative estimate of drug-likeness (QED) is 0.343. The van der Waals surface area contributed by atoms with Gasteiger partial charge in [0.1, 0.15) is 0 Å². The molecule has 4 rings (SSSR count). The minimum atomic E-state index is -0.134. The van der Waals surface area contributed by atoms with Crippen LogP contribution in [0, 0.1) is 24.7 Å². The number of rotatable bonds is 4. The van der Waals surface area contributed by atoms with Crippen molar-refractivity contribution in [1.29, 1.82) is 10.8 Å². The molecule has 0 aliphatic carbocycles. The van der Waals surface area contributed by atoms with Crippen LogP contribution in [0.4, 0.5) is 5.69 Å². The summed E-state index contributed by atoms with van der Waals surface area (Å²) in [5.74, 6) is 0.0697. The minimum absolute atomic E-state index is 0.0995. The van der Waals surface area contributed by atoms with Gasteiger partial charge < -0.3 is 26.6 Å². The molecule has 8 nitrogen and oxygen atoms in total. The first-order valence-corrected chi connectivity index (χ1v) is 11.8. The molecule has 35 heavy (non-hydrogen) atoms. The van der Waals surface area contributed by atoms with Crippen molar-refractivity contribution in [2.24, 2.45) is 11.5 Å². The Kier molecular flexibility index (Phi) is 6.91. The third kappa shape index (κ3) is 5.37. The number of hydrogen-bond acceptors (Lipinski definition) is 3. The Morgan fingerprint density at radius 3 is 2.00 bits per heavy atom. The first-order valence-electron chi connectivity index (χ1n) is 11.8. The summed E-state index contributed by atoms with van der Waals surface area (Å²) in [6.07, 6.45) is 5.87. The van der Waals surface area contributed by atoms with E-state index in [-0.39, 0.29) is 17.8 Å². The van der Waals surface area contributed by atoms with Crippen LogP contribution in [0.25, 0.3) is 11.1 Å². The Morgan fingerprint density at radius 2 is 1.49 bits per heavy atom. The van der Waals surface area contributed by atoms with Crippen molar-refractivity contribution >= 4 is 34.7 Å². The Bertz CT molecular complexity index is 1240. The number of nitrogens with zero attached hydrogens (tertiary/aromatic N) is 2. The molecule has 0 radical (unpaired) electrons. The van der Waals surface area contributed by atoms with E-state index in [4.69, 9.17) is 22.3 Å². The molecule has 0 saturated carbocycles. The molecule has 2 heterocycles. The lowest BCUT2D eigenvalue weighted by Crippen LogP contribution is -2.39. The number of benzene rings is 2. The van der Waals surface area contributed by atoms with Gasteiger partial charge in [0, 0.05) is 37.4 Å². The topological polar surface area (TPSA) is 135 Å². The highest BCUT2D eigenvalue weighted by Gasteiger charge is 2.17. The molecule has 0 atom stereocenters. The minimum Gasteiger partial charge on any atom is -0.370 e. The third-order valence-corrected chi connectivity index (χ3v) is 6.78. The smallest absolute Gasteiger partial charge is 0.255 e. The van der Waals surface area contributed by atoms with Crippen LogP contribution in [-0.2, 0) is 0 Å². The number of carbonyl (C=O) groups excluding carboxylic acids is 1. The molecule has 0 aromatic heterocycles. The number of nitrogens with two attached hydrogens (primary N) is 2. The molecule has 2 aromatic rings. The van der Waals surface area contributed by atoms with E-state index in [1.165, 1.54) is 11.1 Å². The van der Waals surface area contributed by atoms with Crippen molar-refractivity contribution in [3.05, 3.63) is 76.4 Å². The van der Waals surface area contributed by atoms with E-state index in [0.717, 1.165) is 53.9 Å². The summed E-state index contributed by atoms with van der Waals surface area (Å²) in [7, 11) is 0. The fourth-order valence-corrected chi connectivity index (χ4v) is 4.65. The highest BCUT2D eigenvalue weighted by Crippen LogP contribution is 2.28. The molecule has 182 valence electrons. The standard InChI is InChI=1S/C27H33N7O/c1-17-15-22(3-5-23(17)20-9-13-34(14-10-20)27(30)31)25(35)32-24-6-4-21(16-18(24)2)19-7-11-33(12-8-19)26(28)29/h3-7,9,15-16H,8,10-14H2,1-2H3,(H3,28,29)(H3,30,31)(H,32,35). The lowest BCUT2D eigenvalue weighted by atomic mass is 9.94. The molecule has 0 saturated heterocycles. The monoisotopic (exact) mass is 471 g/mol. The second kappa shape index (κ2) is 10.0. The van der Waals surface area contributed by atoms with Crippen molar-refractivity contribution in [3.63, 3.8) is 0 Å². The molecular weight excluding hydrogens is 438 g/mol. The highest BCUT2D eigenvalue weighted by atomic mass is 16.1. The zero-order chi connectivity index (χ0) is 25.1. The van der Waals surface area contributed by atoms with Crippen LogP contribution >= 0.6 is 0 Å². The van der Waals surface area contributed by atoms with Crippen LogP contribution in [0.1, 0.15) is 45.5 Å². The lowest BCUT2D eigenvalue weighted by molar-refractivity contribution is 0.102. The molecule has 1 amide bonds. The van der Waals surface area contributed by atoms with Crippen molar-refractivity contribution in [1.82, 2.24) is 9.80 Å². The molecule has 0 bridgehead atoms. The maximum Gasteiger partial charge on any atom is 0.255 e. The average molecular weight is 472 g/mol. The zero-order valence-corrected chi connectivity index (χ0v) is 20.3. The van der Waals surface area contributed by atoms with Crippen molar-refractivity contribution in [2.75, 3.05) is 31.5 Å². The first kappa shape index (κ1) is 24.1. The van der Waals surface area contributed by atoms with Gasteiger partial charge in [-0.25, -0.2) is 0 Å². The molecule has 2 aliphatic heterocycles. The van der Waals surface area contributed by atoms with Gasteiger partial charge in [0.05, 0.1) is 0 Å². The lowest BCUT2D eigenvalue weighted by Gasteiger charge is -2.27. The molecule has 2 aromatic carbocycles. The number of amides is 1. The molecule has 2 aliphatic rings. The van der Waals surface area contributed by atoms with Gasteiger partial charge in [-0.1, -0.05) is 24.3 Å². The van der Waals surface area contributed by atoms with Gasteiger partial charge in [-0.2, -0.15) is 0 Å². The Hall–Kier alpha value is -4.07. The van der Waals surface area contributed by atoms with Gasteiger partial charge in [0.15, 0.2) is 11.9 Å². The second-order valence-corrected chi connectivity index (χ2v) is 9.13. The van der Waals surface area contributed by atoms with E-state index >= 15 is 0 Å². The van der Waals surface area contributed by atoms with Crippen LogP contribution in [0.2, 0.25) is 0 Å². The van der Waals surface area contributed by atoms with Gasteiger partial charge in [-0.15, -0.1) is 0 Å². The number of nitrogens with one attached hydrogen (secondary N) is 3. The summed E-state index contributed by atoms with van der Waals surface area (Å²) in [4.78, 5) is 16.7. The Morgan fingerprint density at radius 1 is 0.857 bits per heavy atom. The second-order valence-electron chi connectivity index (χ2n) is 9.13. The van der Waals surface area contributed by atoms with E-state index in [1.54, 1.807) is 0 Å². The molecule has 0 unspecified atom stereocenters. The average Bonchev–Trinajstić information content (AvgIpc) is 2.85. The van der Waals surface area contributed by atoms with E-state index < -0.39 is 0 Å². The highest BCUT2D eigenvalue weighted by molar-refractivity contribution is 6.05. The van der Waals surface area contributed by atoms with Crippen LogP contribution in [0.15, 0.2) is 48.6 Å². The zero-order valence-electron chi connectivity index (χ0n) is 20.3. The maximum atomic E-state index is 13.0. The predicted octanol–water partition coefficient (Wildman–Crippen LogP) is 3.52. The van der Waals surface area contributed by atoms with Crippen molar-refractivity contribution < 1.29 is 4.79 Å². The molecule has 0 spiro atoms. The summed E-state index contributed by atoms with van der Waals surface area (Å²) >= 11 is 0. The van der Waals surface area contributed by atoms with E-state index in [2.05, 4.69) is 23.5 Å².